The first-order valence-corrected chi connectivity index (χ1v) is 8.45. The summed E-state index contributed by atoms with van der Waals surface area (Å²) < 4.78 is 1.87. The van der Waals surface area contributed by atoms with Crippen LogP contribution in [0.3, 0.4) is 0 Å². The van der Waals surface area contributed by atoms with E-state index in [0.29, 0.717) is 0 Å². The molecule has 1 aliphatic rings. The summed E-state index contributed by atoms with van der Waals surface area (Å²) >= 11 is 3.39. The molecule has 4 nitrogen and oxygen atoms in total. The van der Waals surface area contributed by atoms with Crippen molar-refractivity contribution in [2.75, 3.05) is 5.75 Å². The van der Waals surface area contributed by atoms with Gasteiger partial charge in [-0.2, -0.15) is 9.78 Å². The number of aromatic nitrogens is 3. The number of fused-ring (bicyclic) bond motifs is 1. The van der Waals surface area contributed by atoms with Crippen LogP contribution in [0.2, 0.25) is 0 Å². The van der Waals surface area contributed by atoms with Crippen LogP contribution in [0.25, 0.3) is 11.4 Å². The van der Waals surface area contributed by atoms with E-state index >= 15 is 0 Å². The molecule has 1 aromatic carbocycles. The Morgan fingerprint density at radius 2 is 2.00 bits per heavy atom. The molecular formula is C15H12N4S2. The second-order valence-corrected chi connectivity index (χ2v) is 6.64. The van der Waals surface area contributed by atoms with Crippen LogP contribution in [0.1, 0.15) is 10.4 Å². The van der Waals surface area contributed by atoms with Gasteiger partial charge in [0, 0.05) is 11.3 Å². The lowest BCUT2D eigenvalue weighted by Crippen LogP contribution is -2.12. The molecule has 0 N–H and O–H groups in total. The first-order chi connectivity index (χ1) is 10.3. The monoisotopic (exact) mass is 312 g/mol. The summed E-state index contributed by atoms with van der Waals surface area (Å²) in [5.74, 6) is 1.65. The number of nitrogens with zero attached hydrogens (tertiary/aromatic N) is 4. The summed E-state index contributed by atoms with van der Waals surface area (Å²) in [7, 11) is 0. The molecule has 0 unspecified atom stereocenters. The van der Waals surface area contributed by atoms with Gasteiger partial charge in [-0.05, 0) is 23.9 Å². The normalized spacial score (nSPS) is 13.9. The van der Waals surface area contributed by atoms with Crippen molar-refractivity contribution in [1.82, 2.24) is 14.9 Å². The number of benzene rings is 1. The third kappa shape index (κ3) is 2.20. The van der Waals surface area contributed by atoms with Crippen LogP contribution < -0.4 is 0 Å². The number of thiophene rings is 1. The Hall–Kier alpha value is -1.92. The van der Waals surface area contributed by atoms with E-state index in [1.807, 2.05) is 16.8 Å². The molecule has 3 aromatic rings. The van der Waals surface area contributed by atoms with Crippen LogP contribution >= 0.6 is 23.1 Å². The number of hydrogen-bond donors (Lipinski definition) is 0. The Bertz CT molecular complexity index is 818. The van der Waals surface area contributed by atoms with Crippen molar-refractivity contribution in [1.29, 1.82) is 0 Å². The van der Waals surface area contributed by atoms with Crippen molar-refractivity contribution in [2.24, 2.45) is 5.10 Å². The third-order valence-electron chi connectivity index (χ3n) is 3.36. The van der Waals surface area contributed by atoms with Gasteiger partial charge in [-0.15, -0.1) is 21.5 Å². The molecule has 0 saturated heterocycles. The van der Waals surface area contributed by atoms with Gasteiger partial charge in [-0.3, -0.25) is 0 Å². The standard InChI is InChI=1S/C15H12N4S2/c1-10-5-2-3-6-11(10)14-16-17-15-19(14)18-12(9-21-15)13-7-4-8-20-13/h2-8H,9H2,1H3. The summed E-state index contributed by atoms with van der Waals surface area (Å²) in [5, 5.41) is 16.3. The summed E-state index contributed by atoms with van der Waals surface area (Å²) in [6, 6.07) is 12.3. The second kappa shape index (κ2) is 5.13. The first kappa shape index (κ1) is 12.8. The highest BCUT2D eigenvalue weighted by molar-refractivity contribution is 7.99. The minimum absolute atomic E-state index is 0.810. The summed E-state index contributed by atoms with van der Waals surface area (Å²) in [6.45, 7) is 2.08. The van der Waals surface area contributed by atoms with Crippen molar-refractivity contribution >= 4 is 28.8 Å². The zero-order chi connectivity index (χ0) is 14.2. The fourth-order valence-corrected chi connectivity index (χ4v) is 3.91. The highest BCUT2D eigenvalue weighted by atomic mass is 32.2. The Kier molecular flexibility index (Phi) is 3.12. The minimum Gasteiger partial charge on any atom is -0.186 e. The fraction of sp³-hybridized carbons (Fsp3) is 0.133. The zero-order valence-corrected chi connectivity index (χ0v) is 13.0. The number of hydrogen-bond acceptors (Lipinski definition) is 5. The molecule has 3 heterocycles. The maximum Gasteiger partial charge on any atom is 0.212 e. The molecule has 0 saturated carbocycles. The van der Waals surface area contributed by atoms with E-state index in [1.165, 1.54) is 10.4 Å². The summed E-state index contributed by atoms with van der Waals surface area (Å²) in [5.41, 5.74) is 3.33. The molecule has 2 aromatic heterocycles. The van der Waals surface area contributed by atoms with Crippen molar-refractivity contribution in [2.45, 2.75) is 12.1 Å². The predicted octanol–water partition coefficient (Wildman–Crippen LogP) is 3.67. The van der Waals surface area contributed by atoms with E-state index in [9.17, 15) is 0 Å². The highest BCUT2D eigenvalue weighted by Gasteiger charge is 2.21. The topological polar surface area (TPSA) is 43.1 Å². The zero-order valence-electron chi connectivity index (χ0n) is 11.4. The molecule has 0 amide bonds. The lowest BCUT2D eigenvalue weighted by molar-refractivity contribution is 0.762. The van der Waals surface area contributed by atoms with Crippen molar-refractivity contribution < 1.29 is 0 Å². The van der Waals surface area contributed by atoms with Gasteiger partial charge in [-0.25, -0.2) is 0 Å². The molecule has 6 heteroatoms. The van der Waals surface area contributed by atoms with E-state index < -0.39 is 0 Å². The van der Waals surface area contributed by atoms with Crippen LogP contribution in [0.5, 0.6) is 0 Å². The van der Waals surface area contributed by atoms with Gasteiger partial charge in [0.05, 0.1) is 10.6 Å². The molecule has 104 valence electrons. The predicted molar refractivity (Wildman–Crippen MR) is 87.2 cm³/mol. The van der Waals surface area contributed by atoms with Gasteiger partial charge in [0.25, 0.3) is 0 Å². The third-order valence-corrected chi connectivity index (χ3v) is 5.21. The highest BCUT2D eigenvalue weighted by Crippen LogP contribution is 2.30. The number of rotatable bonds is 2. The smallest absolute Gasteiger partial charge is 0.186 e. The summed E-state index contributed by atoms with van der Waals surface area (Å²) in [6.07, 6.45) is 0. The van der Waals surface area contributed by atoms with Gasteiger partial charge in [0.2, 0.25) is 5.16 Å². The second-order valence-electron chi connectivity index (χ2n) is 4.75. The average molecular weight is 312 g/mol. The molecule has 4 rings (SSSR count). The van der Waals surface area contributed by atoms with Crippen LogP contribution in [0.4, 0.5) is 0 Å². The van der Waals surface area contributed by atoms with E-state index in [-0.39, 0.29) is 0 Å². The van der Waals surface area contributed by atoms with Gasteiger partial charge < -0.3 is 0 Å². The Labute approximate surface area is 130 Å². The van der Waals surface area contributed by atoms with Crippen molar-refractivity contribution in [3.63, 3.8) is 0 Å². The molecule has 0 radical (unpaired) electrons. The first-order valence-electron chi connectivity index (χ1n) is 6.59. The van der Waals surface area contributed by atoms with E-state index in [1.54, 1.807) is 23.1 Å². The maximum atomic E-state index is 4.76. The largest absolute Gasteiger partial charge is 0.212 e. The number of aryl methyl sites for hydroxylation is 1. The lowest BCUT2D eigenvalue weighted by Gasteiger charge is -2.13. The minimum atomic E-state index is 0.810. The van der Waals surface area contributed by atoms with Crippen LogP contribution in [-0.2, 0) is 0 Å². The van der Waals surface area contributed by atoms with Crippen molar-refractivity contribution in [3.8, 4) is 11.4 Å². The van der Waals surface area contributed by atoms with Gasteiger partial charge in [-0.1, -0.05) is 42.1 Å². The molecular weight excluding hydrogens is 300 g/mol. The van der Waals surface area contributed by atoms with Crippen molar-refractivity contribution in [3.05, 3.63) is 52.2 Å². The molecule has 0 atom stereocenters. The Morgan fingerprint density at radius 1 is 1.10 bits per heavy atom. The molecule has 1 aliphatic heterocycles. The van der Waals surface area contributed by atoms with E-state index in [2.05, 4.69) is 46.8 Å². The van der Waals surface area contributed by atoms with Crippen LogP contribution in [-0.4, -0.2) is 26.3 Å². The average Bonchev–Trinajstić information content (AvgIpc) is 3.17. The maximum absolute atomic E-state index is 4.76. The van der Waals surface area contributed by atoms with Gasteiger partial charge >= 0.3 is 0 Å². The summed E-state index contributed by atoms with van der Waals surface area (Å²) in [4.78, 5) is 1.21. The molecule has 0 bridgehead atoms. The molecule has 21 heavy (non-hydrogen) atoms. The molecule has 0 aliphatic carbocycles. The SMILES string of the molecule is Cc1ccccc1-c1nnc2n1N=C(c1cccs1)CS2. The van der Waals surface area contributed by atoms with Crippen LogP contribution in [0.15, 0.2) is 52.0 Å². The van der Waals surface area contributed by atoms with E-state index in [0.717, 1.165) is 28.0 Å². The fourth-order valence-electron chi connectivity index (χ4n) is 2.28. The van der Waals surface area contributed by atoms with E-state index in [4.69, 9.17) is 5.10 Å². The quantitative estimate of drug-likeness (QED) is 0.725. The lowest BCUT2D eigenvalue weighted by atomic mass is 10.1. The van der Waals surface area contributed by atoms with Crippen LogP contribution in [0, 0.1) is 6.92 Å². The van der Waals surface area contributed by atoms with Gasteiger partial charge in [0.1, 0.15) is 0 Å². The Balaban J connectivity index is 1.85. The Morgan fingerprint density at radius 3 is 2.81 bits per heavy atom. The molecule has 0 spiro atoms. The number of thioether (sulfide) groups is 1. The van der Waals surface area contributed by atoms with Gasteiger partial charge in [0.15, 0.2) is 5.82 Å². The molecule has 0 fully saturated rings.